The number of likely N-dealkylation sites (tertiary alicyclic amines) is 1. The summed E-state index contributed by atoms with van der Waals surface area (Å²) in [5, 5.41) is 2.87. The number of benzene rings is 1. The highest BCUT2D eigenvalue weighted by Gasteiger charge is 2.46. The molecule has 0 aromatic heterocycles. The lowest BCUT2D eigenvalue weighted by Crippen LogP contribution is -2.35. The van der Waals surface area contributed by atoms with E-state index in [-0.39, 0.29) is 42.5 Å². The van der Waals surface area contributed by atoms with Crippen molar-refractivity contribution in [3.05, 3.63) is 42.0 Å². The summed E-state index contributed by atoms with van der Waals surface area (Å²) in [6, 6.07) is 7.87. The molecule has 2 atom stereocenters. The van der Waals surface area contributed by atoms with Crippen LogP contribution in [0.1, 0.15) is 31.2 Å². The molecule has 27 heavy (non-hydrogen) atoms. The van der Waals surface area contributed by atoms with Crippen LogP contribution in [-0.2, 0) is 20.8 Å². The van der Waals surface area contributed by atoms with Gasteiger partial charge >= 0.3 is 0 Å². The summed E-state index contributed by atoms with van der Waals surface area (Å²) >= 11 is 0. The fraction of sp³-hybridized carbons (Fsp3) is 0.476. The summed E-state index contributed by atoms with van der Waals surface area (Å²) in [7, 11) is 1.64. The van der Waals surface area contributed by atoms with Crippen molar-refractivity contribution in [1.29, 1.82) is 0 Å². The van der Waals surface area contributed by atoms with Gasteiger partial charge in [0.2, 0.25) is 17.7 Å². The monoisotopic (exact) mass is 370 g/mol. The SMILES string of the molecule is COc1ccc(CCCNC(=O)CCN2C(=O)[C@@H]3CC=CC[C@H]3C2=O)cc1. The van der Waals surface area contributed by atoms with E-state index in [9.17, 15) is 14.4 Å². The summed E-state index contributed by atoms with van der Waals surface area (Å²) in [5.41, 5.74) is 1.19. The first-order valence-electron chi connectivity index (χ1n) is 9.50. The molecule has 0 spiro atoms. The molecule has 6 heteroatoms. The Kier molecular flexibility index (Phi) is 6.27. The van der Waals surface area contributed by atoms with Crippen LogP contribution < -0.4 is 10.1 Å². The van der Waals surface area contributed by atoms with Gasteiger partial charge in [-0.05, 0) is 43.4 Å². The molecule has 0 unspecified atom stereocenters. The van der Waals surface area contributed by atoms with Crippen LogP contribution in [0.5, 0.6) is 5.75 Å². The Hall–Kier alpha value is -2.63. The summed E-state index contributed by atoms with van der Waals surface area (Å²) < 4.78 is 5.13. The number of nitrogens with zero attached hydrogens (tertiary/aromatic N) is 1. The van der Waals surface area contributed by atoms with Crippen molar-refractivity contribution in [2.75, 3.05) is 20.2 Å². The number of amides is 3. The molecule has 1 fully saturated rings. The average Bonchev–Trinajstić information content (AvgIpc) is 2.94. The Labute approximate surface area is 159 Å². The number of fused-ring (bicyclic) bond motifs is 1. The van der Waals surface area contributed by atoms with Gasteiger partial charge in [-0.25, -0.2) is 0 Å². The predicted molar refractivity (Wildman–Crippen MR) is 101 cm³/mol. The van der Waals surface area contributed by atoms with Crippen LogP contribution in [0.2, 0.25) is 0 Å². The molecule has 144 valence electrons. The molecule has 1 saturated heterocycles. The van der Waals surface area contributed by atoms with E-state index in [4.69, 9.17) is 4.74 Å². The first-order valence-corrected chi connectivity index (χ1v) is 9.50. The second-order valence-electron chi connectivity index (χ2n) is 7.04. The Morgan fingerprint density at radius 3 is 2.33 bits per heavy atom. The number of ether oxygens (including phenoxy) is 1. The standard InChI is InChI=1S/C21H26N2O4/c1-27-16-10-8-15(9-11-16)5-4-13-22-19(24)12-14-23-20(25)17-6-2-3-7-18(17)21(23)26/h2-3,8-11,17-18H,4-7,12-14H2,1H3,(H,22,24)/t17-,18-/m1/s1. The van der Waals surface area contributed by atoms with Crippen LogP contribution in [0.3, 0.4) is 0 Å². The largest absolute Gasteiger partial charge is 0.497 e. The van der Waals surface area contributed by atoms with Crippen molar-refractivity contribution in [3.63, 3.8) is 0 Å². The summed E-state index contributed by atoms with van der Waals surface area (Å²) in [4.78, 5) is 38.0. The van der Waals surface area contributed by atoms with Crippen molar-refractivity contribution >= 4 is 17.7 Å². The summed E-state index contributed by atoms with van der Waals surface area (Å²) in [6.45, 7) is 0.747. The van der Waals surface area contributed by atoms with E-state index in [1.165, 1.54) is 10.5 Å². The molecular formula is C21H26N2O4. The van der Waals surface area contributed by atoms with Gasteiger partial charge in [0.1, 0.15) is 5.75 Å². The molecule has 1 aliphatic heterocycles. The maximum Gasteiger partial charge on any atom is 0.233 e. The first kappa shape index (κ1) is 19.1. The molecule has 0 radical (unpaired) electrons. The highest BCUT2D eigenvalue weighted by molar-refractivity contribution is 6.05. The van der Waals surface area contributed by atoms with Crippen LogP contribution in [0.15, 0.2) is 36.4 Å². The maximum atomic E-state index is 12.4. The average molecular weight is 370 g/mol. The number of allylic oxidation sites excluding steroid dienone is 2. The fourth-order valence-corrected chi connectivity index (χ4v) is 3.70. The van der Waals surface area contributed by atoms with Gasteiger partial charge in [-0.1, -0.05) is 24.3 Å². The molecule has 3 rings (SSSR count). The van der Waals surface area contributed by atoms with Crippen molar-refractivity contribution in [1.82, 2.24) is 10.2 Å². The third kappa shape index (κ3) is 4.56. The first-order chi connectivity index (χ1) is 13.1. The second-order valence-corrected chi connectivity index (χ2v) is 7.04. The van der Waals surface area contributed by atoms with Gasteiger partial charge in [0.25, 0.3) is 0 Å². The van der Waals surface area contributed by atoms with Gasteiger partial charge in [-0.3, -0.25) is 19.3 Å². The second kappa shape index (κ2) is 8.84. The number of imide groups is 1. The third-order valence-corrected chi connectivity index (χ3v) is 5.28. The third-order valence-electron chi connectivity index (χ3n) is 5.28. The van der Waals surface area contributed by atoms with Crippen LogP contribution in [-0.4, -0.2) is 42.8 Å². The van der Waals surface area contributed by atoms with E-state index in [1.807, 2.05) is 36.4 Å². The van der Waals surface area contributed by atoms with Gasteiger partial charge in [-0.2, -0.15) is 0 Å². The predicted octanol–water partition coefficient (Wildman–Crippen LogP) is 2.09. The van der Waals surface area contributed by atoms with Crippen molar-refractivity contribution in [2.45, 2.75) is 32.1 Å². The Balaban J connectivity index is 1.36. The molecule has 6 nitrogen and oxygen atoms in total. The van der Waals surface area contributed by atoms with Gasteiger partial charge < -0.3 is 10.1 Å². The lowest BCUT2D eigenvalue weighted by molar-refractivity contribution is -0.140. The van der Waals surface area contributed by atoms with E-state index in [0.717, 1.165) is 18.6 Å². The summed E-state index contributed by atoms with van der Waals surface area (Å²) in [6.07, 6.45) is 7.04. The van der Waals surface area contributed by atoms with Gasteiger partial charge in [0, 0.05) is 19.5 Å². The van der Waals surface area contributed by atoms with E-state index in [0.29, 0.717) is 19.4 Å². The minimum Gasteiger partial charge on any atom is -0.497 e. The van der Waals surface area contributed by atoms with E-state index >= 15 is 0 Å². The zero-order chi connectivity index (χ0) is 19.2. The van der Waals surface area contributed by atoms with Crippen molar-refractivity contribution in [2.24, 2.45) is 11.8 Å². The van der Waals surface area contributed by atoms with E-state index < -0.39 is 0 Å². The highest BCUT2D eigenvalue weighted by Crippen LogP contribution is 2.34. The molecule has 0 saturated carbocycles. The Morgan fingerprint density at radius 2 is 1.74 bits per heavy atom. The van der Waals surface area contributed by atoms with Crippen LogP contribution in [0, 0.1) is 11.8 Å². The molecule has 2 aliphatic rings. The number of methoxy groups -OCH3 is 1. The van der Waals surface area contributed by atoms with Crippen LogP contribution in [0.4, 0.5) is 0 Å². The fourth-order valence-electron chi connectivity index (χ4n) is 3.70. The topological polar surface area (TPSA) is 75.7 Å². The summed E-state index contributed by atoms with van der Waals surface area (Å²) in [5.74, 6) is 0.000407. The number of hydrogen-bond acceptors (Lipinski definition) is 4. The zero-order valence-corrected chi connectivity index (χ0v) is 15.6. The number of rotatable bonds is 8. The van der Waals surface area contributed by atoms with Crippen molar-refractivity contribution in [3.8, 4) is 5.75 Å². The molecule has 3 amide bonds. The van der Waals surface area contributed by atoms with Gasteiger partial charge in [0.05, 0.1) is 18.9 Å². The minimum atomic E-state index is -0.227. The Bertz CT molecular complexity index is 700. The van der Waals surface area contributed by atoms with E-state index in [1.54, 1.807) is 7.11 Å². The van der Waals surface area contributed by atoms with Crippen LogP contribution >= 0.6 is 0 Å². The van der Waals surface area contributed by atoms with Crippen LogP contribution in [0.25, 0.3) is 0 Å². The normalized spacial score (nSPS) is 21.3. The highest BCUT2D eigenvalue weighted by atomic mass is 16.5. The van der Waals surface area contributed by atoms with E-state index in [2.05, 4.69) is 5.32 Å². The molecule has 1 aromatic carbocycles. The molecule has 1 N–H and O–H groups in total. The zero-order valence-electron chi connectivity index (χ0n) is 15.6. The number of nitrogens with one attached hydrogen (secondary N) is 1. The molecular weight excluding hydrogens is 344 g/mol. The number of carbonyl (C=O) groups is 3. The molecule has 1 aliphatic carbocycles. The number of hydrogen-bond donors (Lipinski definition) is 1. The number of aryl methyl sites for hydroxylation is 1. The van der Waals surface area contributed by atoms with Gasteiger partial charge in [-0.15, -0.1) is 0 Å². The Morgan fingerprint density at radius 1 is 1.11 bits per heavy atom. The molecule has 1 heterocycles. The lowest BCUT2D eigenvalue weighted by atomic mass is 9.85. The quantitative estimate of drug-likeness (QED) is 0.432. The maximum absolute atomic E-state index is 12.4. The smallest absolute Gasteiger partial charge is 0.233 e. The molecule has 0 bridgehead atoms. The lowest BCUT2D eigenvalue weighted by Gasteiger charge is -2.14. The van der Waals surface area contributed by atoms with Gasteiger partial charge in [0.15, 0.2) is 0 Å². The van der Waals surface area contributed by atoms with Crippen molar-refractivity contribution < 1.29 is 19.1 Å². The minimum absolute atomic E-state index is 0.123. The molecule has 1 aromatic rings. The number of carbonyl (C=O) groups excluding carboxylic acids is 3.